The van der Waals surface area contributed by atoms with Crippen molar-refractivity contribution >= 4 is 10.8 Å². The zero-order chi connectivity index (χ0) is 14.8. The van der Waals surface area contributed by atoms with Crippen LogP contribution >= 0.6 is 0 Å². The van der Waals surface area contributed by atoms with Crippen molar-refractivity contribution in [2.24, 2.45) is 0 Å². The van der Waals surface area contributed by atoms with Gasteiger partial charge in [-0.3, -0.25) is 0 Å². The number of fused-ring (bicyclic) bond motifs is 1. The van der Waals surface area contributed by atoms with E-state index in [-0.39, 0.29) is 0 Å². The molecule has 0 amide bonds. The van der Waals surface area contributed by atoms with Crippen LogP contribution in [0.5, 0.6) is 5.75 Å². The third-order valence-corrected chi connectivity index (χ3v) is 3.82. The Labute approximate surface area is 128 Å². The number of nitrogens with two attached hydrogens (primary N) is 1. The van der Waals surface area contributed by atoms with Crippen molar-refractivity contribution in [3.63, 3.8) is 0 Å². The maximum absolute atomic E-state index is 5.95. The quantitative estimate of drug-likeness (QED) is 0.661. The molecule has 0 bridgehead atoms. The summed E-state index contributed by atoms with van der Waals surface area (Å²) >= 11 is 0. The normalized spacial score (nSPS) is 10.9. The molecule has 0 unspecified atom stereocenters. The molecule has 0 fully saturated rings. The first-order valence-electron chi connectivity index (χ1n) is 8.34. The van der Waals surface area contributed by atoms with E-state index < -0.39 is 0 Å². The summed E-state index contributed by atoms with van der Waals surface area (Å²) in [7, 11) is 0. The lowest BCUT2D eigenvalue weighted by Gasteiger charge is -2.09. The van der Waals surface area contributed by atoms with E-state index in [9.17, 15) is 0 Å². The van der Waals surface area contributed by atoms with Crippen molar-refractivity contribution in [3.8, 4) is 5.75 Å². The molecule has 2 aromatic carbocycles. The van der Waals surface area contributed by atoms with E-state index in [1.54, 1.807) is 0 Å². The highest BCUT2D eigenvalue weighted by Gasteiger charge is 2.00. The third kappa shape index (κ3) is 5.39. The van der Waals surface area contributed by atoms with Gasteiger partial charge in [0.2, 0.25) is 0 Å². The molecule has 0 aliphatic heterocycles. The highest BCUT2D eigenvalue weighted by molar-refractivity contribution is 5.88. The summed E-state index contributed by atoms with van der Waals surface area (Å²) in [6.07, 6.45) is 6.33. The van der Waals surface area contributed by atoms with Gasteiger partial charge in [-0.2, -0.15) is 0 Å². The third-order valence-electron chi connectivity index (χ3n) is 3.82. The molecule has 0 aliphatic rings. The van der Waals surface area contributed by atoms with Gasteiger partial charge in [-0.15, -0.1) is 0 Å². The highest BCUT2D eigenvalue weighted by Crippen LogP contribution is 2.25. The molecule has 0 aromatic heterocycles. The van der Waals surface area contributed by atoms with Gasteiger partial charge in [0.25, 0.3) is 0 Å². The monoisotopic (exact) mass is 286 g/mol. The molecule has 0 atom stereocenters. The first-order valence-corrected chi connectivity index (χ1v) is 8.34. The maximum atomic E-state index is 5.95. The van der Waals surface area contributed by atoms with Crippen LogP contribution in [0.3, 0.4) is 0 Å². The van der Waals surface area contributed by atoms with Crippen LogP contribution in [0.15, 0.2) is 42.5 Å². The summed E-state index contributed by atoms with van der Waals surface area (Å²) in [4.78, 5) is 0. The predicted molar refractivity (Wildman–Crippen MR) is 89.9 cm³/mol. The minimum Gasteiger partial charge on any atom is -0.493 e. The molecule has 2 heteroatoms. The molecule has 0 radical (unpaired) electrons. The minimum atomic E-state index is 0.822. The van der Waals surface area contributed by atoms with Gasteiger partial charge < -0.3 is 10.1 Å². The molecular formula is C19H28NO+. The van der Waals surface area contributed by atoms with E-state index in [4.69, 9.17) is 4.74 Å². The minimum absolute atomic E-state index is 0.822. The molecular weight excluding hydrogens is 258 g/mol. The van der Waals surface area contributed by atoms with Gasteiger partial charge >= 0.3 is 0 Å². The van der Waals surface area contributed by atoms with Crippen molar-refractivity contribution < 1.29 is 10.1 Å². The average molecular weight is 286 g/mol. The SMILES string of the molecule is CCCC[NH2+]CCCCCOc1cccc2ccccc12. The number of unbranched alkanes of at least 4 members (excludes halogenated alkanes) is 3. The van der Waals surface area contributed by atoms with Crippen LogP contribution in [0.1, 0.15) is 39.0 Å². The van der Waals surface area contributed by atoms with Crippen LogP contribution in [0.4, 0.5) is 0 Å². The second-order valence-electron chi connectivity index (χ2n) is 5.61. The predicted octanol–water partition coefficient (Wildman–Crippen LogP) is 3.75. The van der Waals surface area contributed by atoms with E-state index in [0.717, 1.165) is 18.8 Å². The van der Waals surface area contributed by atoms with Gasteiger partial charge in [0, 0.05) is 5.39 Å². The van der Waals surface area contributed by atoms with Crippen molar-refractivity contribution in [2.45, 2.75) is 39.0 Å². The Hall–Kier alpha value is -1.54. The number of benzene rings is 2. The molecule has 2 N–H and O–H groups in total. The molecule has 2 aromatic rings. The number of hydrogen-bond donors (Lipinski definition) is 1. The second kappa shape index (κ2) is 9.41. The highest BCUT2D eigenvalue weighted by atomic mass is 16.5. The lowest BCUT2D eigenvalue weighted by atomic mass is 10.1. The van der Waals surface area contributed by atoms with Crippen molar-refractivity contribution in [1.82, 2.24) is 0 Å². The van der Waals surface area contributed by atoms with Gasteiger partial charge in [-0.25, -0.2) is 0 Å². The lowest BCUT2D eigenvalue weighted by molar-refractivity contribution is -0.655. The fraction of sp³-hybridized carbons (Fsp3) is 0.474. The van der Waals surface area contributed by atoms with E-state index in [1.165, 1.54) is 49.5 Å². The summed E-state index contributed by atoms with van der Waals surface area (Å²) in [5.41, 5.74) is 0. The average Bonchev–Trinajstić information content (AvgIpc) is 2.53. The summed E-state index contributed by atoms with van der Waals surface area (Å²) in [5, 5.41) is 4.91. The van der Waals surface area contributed by atoms with E-state index in [0.29, 0.717) is 0 Å². The number of ether oxygens (including phenoxy) is 1. The standard InChI is InChI=1S/C19H27NO/c1-2-3-14-20-15-7-4-8-16-21-19-13-9-11-17-10-5-6-12-18(17)19/h5-6,9-13,20H,2-4,7-8,14-16H2,1H3/p+1. The topological polar surface area (TPSA) is 25.8 Å². The summed E-state index contributed by atoms with van der Waals surface area (Å²) in [6.45, 7) is 5.61. The molecule has 114 valence electrons. The van der Waals surface area contributed by atoms with Gasteiger partial charge in [0.1, 0.15) is 5.75 Å². The van der Waals surface area contributed by atoms with Crippen molar-refractivity contribution in [1.29, 1.82) is 0 Å². The van der Waals surface area contributed by atoms with E-state index >= 15 is 0 Å². The largest absolute Gasteiger partial charge is 0.493 e. The van der Waals surface area contributed by atoms with E-state index in [2.05, 4.69) is 54.7 Å². The van der Waals surface area contributed by atoms with Crippen LogP contribution in [-0.2, 0) is 0 Å². The Morgan fingerprint density at radius 3 is 2.57 bits per heavy atom. The molecule has 2 rings (SSSR count). The number of quaternary nitrogens is 1. The first kappa shape index (κ1) is 15.8. The molecule has 0 aliphatic carbocycles. The Morgan fingerprint density at radius 2 is 1.67 bits per heavy atom. The summed E-state index contributed by atoms with van der Waals surface area (Å²) in [6, 6.07) is 14.7. The zero-order valence-electron chi connectivity index (χ0n) is 13.2. The molecule has 0 spiro atoms. The number of rotatable bonds is 10. The van der Waals surface area contributed by atoms with Crippen LogP contribution in [-0.4, -0.2) is 19.7 Å². The Balaban J connectivity index is 1.64. The Bertz CT molecular complexity index is 518. The smallest absolute Gasteiger partial charge is 0.127 e. The number of hydrogen-bond acceptors (Lipinski definition) is 1. The fourth-order valence-electron chi connectivity index (χ4n) is 2.56. The summed E-state index contributed by atoms with van der Waals surface area (Å²) in [5.74, 6) is 1.02. The van der Waals surface area contributed by atoms with Gasteiger partial charge in [0.15, 0.2) is 0 Å². The second-order valence-corrected chi connectivity index (χ2v) is 5.61. The van der Waals surface area contributed by atoms with Crippen LogP contribution in [0.2, 0.25) is 0 Å². The zero-order valence-corrected chi connectivity index (χ0v) is 13.2. The van der Waals surface area contributed by atoms with Crippen LogP contribution in [0.25, 0.3) is 10.8 Å². The molecule has 2 nitrogen and oxygen atoms in total. The molecule has 0 saturated heterocycles. The van der Waals surface area contributed by atoms with Gasteiger partial charge in [0.05, 0.1) is 19.7 Å². The van der Waals surface area contributed by atoms with Gasteiger partial charge in [-0.05, 0) is 37.1 Å². The van der Waals surface area contributed by atoms with Crippen LogP contribution < -0.4 is 10.1 Å². The Kier molecular flexibility index (Phi) is 7.10. The Morgan fingerprint density at radius 1 is 0.857 bits per heavy atom. The maximum Gasteiger partial charge on any atom is 0.127 e. The molecule has 0 saturated carbocycles. The van der Waals surface area contributed by atoms with Crippen molar-refractivity contribution in [3.05, 3.63) is 42.5 Å². The lowest BCUT2D eigenvalue weighted by Crippen LogP contribution is -2.84. The molecule has 21 heavy (non-hydrogen) atoms. The van der Waals surface area contributed by atoms with Crippen LogP contribution in [0, 0.1) is 0 Å². The molecule has 0 heterocycles. The summed E-state index contributed by atoms with van der Waals surface area (Å²) < 4.78 is 5.95. The first-order chi connectivity index (χ1) is 10.4. The van der Waals surface area contributed by atoms with Gasteiger partial charge in [-0.1, -0.05) is 49.7 Å². The fourth-order valence-corrected chi connectivity index (χ4v) is 2.56. The van der Waals surface area contributed by atoms with Crippen molar-refractivity contribution in [2.75, 3.05) is 19.7 Å². The van der Waals surface area contributed by atoms with E-state index in [1.807, 2.05) is 0 Å².